The third-order valence-corrected chi connectivity index (χ3v) is 5.12. The van der Waals surface area contributed by atoms with E-state index in [0.29, 0.717) is 24.6 Å². The van der Waals surface area contributed by atoms with Crippen molar-refractivity contribution in [2.45, 2.75) is 20.8 Å². The lowest BCUT2D eigenvalue weighted by molar-refractivity contribution is 0.0740. The van der Waals surface area contributed by atoms with Crippen molar-refractivity contribution in [3.63, 3.8) is 0 Å². The molecule has 28 heavy (non-hydrogen) atoms. The summed E-state index contributed by atoms with van der Waals surface area (Å²) in [5, 5.41) is 0. The van der Waals surface area contributed by atoms with Gasteiger partial charge in [0, 0.05) is 45.3 Å². The number of para-hydroxylation sites is 2. The largest absolute Gasteiger partial charge is 0.495 e. The lowest BCUT2D eigenvalue weighted by atomic mass is 10.2. The first kappa shape index (κ1) is 19.9. The molecule has 7 nitrogen and oxygen atoms in total. The number of methoxy groups -OCH3 is 1. The van der Waals surface area contributed by atoms with E-state index in [1.165, 1.54) is 0 Å². The van der Waals surface area contributed by atoms with Gasteiger partial charge in [0.15, 0.2) is 0 Å². The van der Waals surface area contributed by atoms with Gasteiger partial charge in [0.2, 0.25) is 0 Å². The maximum atomic E-state index is 13.0. The van der Waals surface area contributed by atoms with Gasteiger partial charge in [0.05, 0.1) is 12.8 Å². The number of hydrogen-bond acceptors (Lipinski definition) is 6. The second-order valence-electron chi connectivity index (χ2n) is 6.78. The van der Waals surface area contributed by atoms with Crippen LogP contribution in [0.5, 0.6) is 5.75 Å². The SMILES string of the molecule is CCN(CC)c1cc(C(=O)N2CCN(c3ccccc3OC)CC2)nc(C)n1. The Hall–Kier alpha value is -2.83. The molecule has 0 atom stereocenters. The first-order valence-corrected chi connectivity index (χ1v) is 9.85. The molecule has 0 saturated carbocycles. The van der Waals surface area contributed by atoms with Crippen LogP contribution in [0.25, 0.3) is 0 Å². The fourth-order valence-corrected chi connectivity index (χ4v) is 3.57. The van der Waals surface area contributed by atoms with Gasteiger partial charge < -0.3 is 19.4 Å². The molecule has 0 unspecified atom stereocenters. The fraction of sp³-hybridized carbons (Fsp3) is 0.476. The van der Waals surface area contributed by atoms with E-state index < -0.39 is 0 Å². The molecule has 1 aliphatic heterocycles. The number of anilines is 2. The standard InChI is InChI=1S/C21H29N5O2/c1-5-24(6-2)20-15-17(22-16(3)23-20)21(27)26-13-11-25(12-14-26)18-9-7-8-10-19(18)28-4/h7-10,15H,5-6,11-14H2,1-4H3. The summed E-state index contributed by atoms with van der Waals surface area (Å²) in [5.74, 6) is 2.27. The van der Waals surface area contributed by atoms with E-state index in [-0.39, 0.29) is 5.91 Å². The van der Waals surface area contributed by atoms with Crippen molar-refractivity contribution < 1.29 is 9.53 Å². The quantitative estimate of drug-likeness (QED) is 0.764. The summed E-state index contributed by atoms with van der Waals surface area (Å²) in [6, 6.07) is 9.81. The van der Waals surface area contributed by atoms with Crippen molar-refractivity contribution in [1.82, 2.24) is 14.9 Å². The maximum absolute atomic E-state index is 13.0. The number of piperazine rings is 1. The number of nitrogens with zero attached hydrogens (tertiary/aromatic N) is 5. The van der Waals surface area contributed by atoms with E-state index in [9.17, 15) is 4.79 Å². The third kappa shape index (κ3) is 4.18. The number of aromatic nitrogens is 2. The van der Waals surface area contributed by atoms with Crippen LogP contribution >= 0.6 is 0 Å². The lowest BCUT2D eigenvalue weighted by Gasteiger charge is -2.36. The smallest absolute Gasteiger partial charge is 0.272 e. The van der Waals surface area contributed by atoms with Gasteiger partial charge in [-0.3, -0.25) is 4.79 Å². The van der Waals surface area contributed by atoms with Crippen LogP contribution in [0, 0.1) is 6.92 Å². The average molecular weight is 383 g/mol. The van der Waals surface area contributed by atoms with Crippen LogP contribution in [0.15, 0.2) is 30.3 Å². The summed E-state index contributed by atoms with van der Waals surface area (Å²) in [6.07, 6.45) is 0. The van der Waals surface area contributed by atoms with Crippen molar-refractivity contribution in [3.8, 4) is 5.75 Å². The molecular formula is C21H29N5O2. The Kier molecular flexibility index (Phi) is 6.34. The minimum Gasteiger partial charge on any atom is -0.495 e. The topological polar surface area (TPSA) is 61.8 Å². The highest BCUT2D eigenvalue weighted by Gasteiger charge is 2.25. The second kappa shape index (κ2) is 8.91. The minimum absolute atomic E-state index is 0.0291. The van der Waals surface area contributed by atoms with E-state index in [2.05, 4.69) is 39.7 Å². The highest BCUT2D eigenvalue weighted by atomic mass is 16.5. The number of amides is 1. The zero-order valence-corrected chi connectivity index (χ0v) is 17.2. The molecule has 3 rings (SSSR count). The molecule has 0 radical (unpaired) electrons. The zero-order valence-electron chi connectivity index (χ0n) is 17.2. The fourth-order valence-electron chi connectivity index (χ4n) is 3.57. The lowest BCUT2D eigenvalue weighted by Crippen LogP contribution is -2.49. The van der Waals surface area contributed by atoms with Crippen molar-refractivity contribution >= 4 is 17.4 Å². The van der Waals surface area contributed by atoms with Crippen molar-refractivity contribution in [1.29, 1.82) is 0 Å². The maximum Gasteiger partial charge on any atom is 0.272 e. The van der Waals surface area contributed by atoms with Crippen molar-refractivity contribution in [2.24, 2.45) is 0 Å². The number of carbonyl (C=O) groups excluding carboxylic acids is 1. The van der Waals surface area contributed by atoms with Crippen LogP contribution in [0.3, 0.4) is 0 Å². The number of hydrogen-bond donors (Lipinski definition) is 0. The molecule has 0 spiro atoms. The average Bonchev–Trinajstić information content (AvgIpc) is 2.74. The summed E-state index contributed by atoms with van der Waals surface area (Å²) in [5.41, 5.74) is 1.54. The normalized spacial score (nSPS) is 14.1. The van der Waals surface area contributed by atoms with E-state index in [0.717, 1.165) is 43.4 Å². The van der Waals surface area contributed by atoms with E-state index in [1.54, 1.807) is 7.11 Å². The number of ether oxygens (including phenoxy) is 1. The molecule has 0 N–H and O–H groups in total. The Morgan fingerprint density at radius 3 is 2.43 bits per heavy atom. The van der Waals surface area contributed by atoms with Gasteiger partial charge in [-0.15, -0.1) is 0 Å². The molecule has 1 aromatic carbocycles. The predicted octanol–water partition coefficient (Wildman–Crippen LogP) is 2.60. The zero-order chi connectivity index (χ0) is 20.1. The predicted molar refractivity (Wildman–Crippen MR) is 111 cm³/mol. The Morgan fingerprint density at radius 1 is 1.11 bits per heavy atom. The Labute approximate surface area is 166 Å². The summed E-state index contributed by atoms with van der Waals surface area (Å²) >= 11 is 0. The van der Waals surface area contributed by atoms with Gasteiger partial charge in [0.1, 0.15) is 23.1 Å². The first-order chi connectivity index (χ1) is 13.6. The van der Waals surface area contributed by atoms with Gasteiger partial charge in [-0.25, -0.2) is 9.97 Å². The van der Waals surface area contributed by atoms with Crippen LogP contribution in [-0.4, -0.2) is 67.2 Å². The van der Waals surface area contributed by atoms with Crippen molar-refractivity contribution in [3.05, 3.63) is 41.9 Å². The summed E-state index contributed by atoms with van der Waals surface area (Å²) in [7, 11) is 1.68. The molecule has 2 heterocycles. The molecule has 7 heteroatoms. The monoisotopic (exact) mass is 383 g/mol. The van der Waals surface area contributed by atoms with Crippen LogP contribution in [0.4, 0.5) is 11.5 Å². The molecule has 2 aromatic rings. The highest BCUT2D eigenvalue weighted by molar-refractivity contribution is 5.93. The summed E-state index contributed by atoms with van der Waals surface area (Å²) < 4.78 is 5.47. The van der Waals surface area contributed by atoms with E-state index >= 15 is 0 Å². The van der Waals surface area contributed by atoms with Gasteiger partial charge in [0.25, 0.3) is 5.91 Å². The van der Waals surface area contributed by atoms with Crippen molar-refractivity contribution in [2.75, 3.05) is 56.2 Å². The van der Waals surface area contributed by atoms with E-state index in [4.69, 9.17) is 4.74 Å². The van der Waals surface area contributed by atoms with Gasteiger partial charge in [-0.2, -0.15) is 0 Å². The van der Waals surface area contributed by atoms with Gasteiger partial charge >= 0.3 is 0 Å². The molecule has 0 bridgehead atoms. The molecule has 1 saturated heterocycles. The number of benzene rings is 1. The molecule has 1 fully saturated rings. The highest BCUT2D eigenvalue weighted by Crippen LogP contribution is 2.28. The Balaban J connectivity index is 1.72. The van der Waals surface area contributed by atoms with E-state index in [1.807, 2.05) is 36.1 Å². The minimum atomic E-state index is -0.0291. The first-order valence-electron chi connectivity index (χ1n) is 9.85. The second-order valence-corrected chi connectivity index (χ2v) is 6.78. The molecule has 150 valence electrons. The molecule has 0 aliphatic carbocycles. The number of carbonyl (C=O) groups is 1. The molecular weight excluding hydrogens is 354 g/mol. The molecule has 1 aromatic heterocycles. The number of rotatable bonds is 6. The Bertz CT molecular complexity index is 814. The third-order valence-electron chi connectivity index (χ3n) is 5.12. The van der Waals surface area contributed by atoms with Crippen LogP contribution in [0.2, 0.25) is 0 Å². The van der Waals surface area contributed by atoms with Crippen LogP contribution in [0.1, 0.15) is 30.2 Å². The van der Waals surface area contributed by atoms with Crippen LogP contribution < -0.4 is 14.5 Å². The molecule has 1 aliphatic rings. The van der Waals surface area contributed by atoms with Gasteiger partial charge in [-0.05, 0) is 32.9 Å². The Morgan fingerprint density at radius 2 is 1.79 bits per heavy atom. The summed E-state index contributed by atoms with van der Waals surface area (Å²) in [4.78, 5) is 28.2. The van der Waals surface area contributed by atoms with Crippen LogP contribution in [-0.2, 0) is 0 Å². The number of aryl methyl sites for hydroxylation is 1. The summed E-state index contributed by atoms with van der Waals surface area (Å²) in [6.45, 7) is 10.5. The molecule has 1 amide bonds. The van der Waals surface area contributed by atoms with Gasteiger partial charge in [-0.1, -0.05) is 12.1 Å².